The molecule has 0 aliphatic carbocycles. The molecule has 1 aromatic carbocycles. The molecule has 118 valence electrons. The van der Waals surface area contributed by atoms with Crippen LogP contribution >= 0.6 is 0 Å². The van der Waals surface area contributed by atoms with Crippen LogP contribution in [-0.2, 0) is 10.3 Å². The average Bonchev–Trinajstić information content (AvgIpc) is 3.03. The maximum atomic E-state index is 11.8. The van der Waals surface area contributed by atoms with Crippen molar-refractivity contribution in [1.29, 1.82) is 0 Å². The number of imidazole rings is 1. The number of hydrogen-bond acceptors (Lipinski definition) is 5. The number of aliphatic hydroxyl groups is 2. The molecule has 1 unspecified atom stereocenters. The van der Waals surface area contributed by atoms with Gasteiger partial charge in [0.1, 0.15) is 11.3 Å². The van der Waals surface area contributed by atoms with Crippen LogP contribution in [0.25, 0.3) is 0 Å². The molecule has 0 aliphatic heterocycles. The van der Waals surface area contributed by atoms with Gasteiger partial charge in [-0.3, -0.25) is 0 Å². The first-order valence-electron chi connectivity index (χ1n) is 6.95. The summed E-state index contributed by atoms with van der Waals surface area (Å²) < 4.78 is 6.43. The SMILES string of the molecule is COC(=O)c1cncn1[C@@H](C)c1ccccc1C(C)(O)CO. The van der Waals surface area contributed by atoms with Crippen LogP contribution < -0.4 is 0 Å². The molecular formula is C16H20N2O4. The van der Waals surface area contributed by atoms with Gasteiger partial charge in [-0.1, -0.05) is 24.3 Å². The summed E-state index contributed by atoms with van der Waals surface area (Å²) in [5, 5.41) is 19.8. The van der Waals surface area contributed by atoms with Crippen molar-refractivity contribution < 1.29 is 19.7 Å². The molecule has 1 aromatic heterocycles. The Labute approximate surface area is 129 Å². The van der Waals surface area contributed by atoms with Crippen LogP contribution in [0.4, 0.5) is 0 Å². The molecule has 0 saturated carbocycles. The van der Waals surface area contributed by atoms with Crippen molar-refractivity contribution in [2.75, 3.05) is 13.7 Å². The summed E-state index contributed by atoms with van der Waals surface area (Å²) in [6.45, 7) is 3.04. The van der Waals surface area contributed by atoms with Gasteiger partial charge >= 0.3 is 5.97 Å². The van der Waals surface area contributed by atoms with Gasteiger partial charge in [0.15, 0.2) is 0 Å². The number of ether oxygens (including phenoxy) is 1. The Kier molecular flexibility index (Phi) is 4.63. The number of methoxy groups -OCH3 is 1. The van der Waals surface area contributed by atoms with Crippen LogP contribution in [0.15, 0.2) is 36.8 Å². The second kappa shape index (κ2) is 6.29. The Bertz CT molecular complexity index is 664. The fraction of sp³-hybridized carbons (Fsp3) is 0.375. The van der Waals surface area contributed by atoms with E-state index in [1.165, 1.54) is 13.3 Å². The zero-order chi connectivity index (χ0) is 16.3. The standard InChI is InChI=1S/C16H20N2O4/c1-11(18-10-17-8-14(18)15(20)22-3)12-6-4-5-7-13(12)16(2,21)9-19/h4-8,10-11,19,21H,9H2,1-3H3/t11-,16?/m0/s1. The van der Waals surface area contributed by atoms with Crippen LogP contribution in [0.2, 0.25) is 0 Å². The first-order valence-corrected chi connectivity index (χ1v) is 6.95. The molecule has 0 radical (unpaired) electrons. The summed E-state index contributed by atoms with van der Waals surface area (Å²) in [6.07, 6.45) is 2.98. The second-order valence-corrected chi connectivity index (χ2v) is 5.37. The first-order chi connectivity index (χ1) is 10.4. The van der Waals surface area contributed by atoms with E-state index in [0.29, 0.717) is 11.3 Å². The minimum absolute atomic E-state index is 0.258. The number of esters is 1. The Morgan fingerprint density at radius 2 is 2.14 bits per heavy atom. The van der Waals surface area contributed by atoms with Crippen LogP contribution in [0, 0.1) is 0 Å². The van der Waals surface area contributed by atoms with Crippen molar-refractivity contribution in [3.8, 4) is 0 Å². The number of hydrogen-bond donors (Lipinski definition) is 2. The van der Waals surface area contributed by atoms with E-state index in [0.717, 1.165) is 5.56 Å². The van der Waals surface area contributed by atoms with Gasteiger partial charge in [-0.2, -0.15) is 0 Å². The summed E-state index contributed by atoms with van der Waals surface area (Å²) in [5.41, 5.74) is 0.365. The van der Waals surface area contributed by atoms with Gasteiger partial charge in [0, 0.05) is 0 Å². The lowest BCUT2D eigenvalue weighted by atomic mass is 9.89. The summed E-state index contributed by atoms with van der Waals surface area (Å²) in [4.78, 5) is 15.8. The zero-order valence-corrected chi connectivity index (χ0v) is 12.9. The summed E-state index contributed by atoms with van der Waals surface area (Å²) in [6, 6.07) is 7.00. The van der Waals surface area contributed by atoms with E-state index in [4.69, 9.17) is 4.74 Å². The monoisotopic (exact) mass is 304 g/mol. The summed E-state index contributed by atoms with van der Waals surface area (Å²) >= 11 is 0. The van der Waals surface area contributed by atoms with Crippen LogP contribution in [0.3, 0.4) is 0 Å². The highest BCUT2D eigenvalue weighted by molar-refractivity contribution is 5.87. The third-order valence-electron chi connectivity index (χ3n) is 3.78. The van der Waals surface area contributed by atoms with Gasteiger partial charge in [0.05, 0.1) is 32.3 Å². The van der Waals surface area contributed by atoms with Gasteiger partial charge in [-0.25, -0.2) is 9.78 Å². The third kappa shape index (κ3) is 2.88. The molecule has 2 aromatic rings. The molecule has 1 heterocycles. The fourth-order valence-electron chi connectivity index (χ4n) is 2.46. The van der Waals surface area contributed by atoms with Crippen molar-refractivity contribution in [2.45, 2.75) is 25.5 Å². The van der Waals surface area contributed by atoms with Crippen LogP contribution in [0.1, 0.15) is 41.5 Å². The van der Waals surface area contributed by atoms with E-state index in [2.05, 4.69) is 4.98 Å². The van der Waals surface area contributed by atoms with Crippen LogP contribution in [-0.4, -0.2) is 39.5 Å². The highest BCUT2D eigenvalue weighted by atomic mass is 16.5. The minimum atomic E-state index is -1.36. The Hall–Kier alpha value is -2.18. The molecule has 0 fully saturated rings. The number of carbonyl (C=O) groups is 1. The van der Waals surface area contributed by atoms with E-state index in [9.17, 15) is 15.0 Å². The lowest BCUT2D eigenvalue weighted by Gasteiger charge is -2.27. The van der Waals surface area contributed by atoms with E-state index in [1.807, 2.05) is 19.1 Å². The number of benzene rings is 1. The molecule has 0 spiro atoms. The maximum absolute atomic E-state index is 11.8. The molecule has 2 rings (SSSR count). The smallest absolute Gasteiger partial charge is 0.356 e. The topological polar surface area (TPSA) is 84.6 Å². The zero-order valence-electron chi connectivity index (χ0n) is 12.9. The van der Waals surface area contributed by atoms with E-state index in [1.54, 1.807) is 30.0 Å². The normalized spacial score (nSPS) is 15.1. The number of aliphatic hydroxyl groups excluding tert-OH is 1. The van der Waals surface area contributed by atoms with Crippen molar-refractivity contribution in [3.05, 3.63) is 53.6 Å². The van der Waals surface area contributed by atoms with E-state index in [-0.39, 0.29) is 6.04 Å². The average molecular weight is 304 g/mol. The number of carbonyl (C=O) groups excluding carboxylic acids is 1. The molecule has 0 amide bonds. The largest absolute Gasteiger partial charge is 0.464 e. The molecule has 6 nitrogen and oxygen atoms in total. The van der Waals surface area contributed by atoms with E-state index < -0.39 is 18.2 Å². The predicted octanol–water partition coefficient (Wildman–Crippen LogP) is 1.48. The number of rotatable bonds is 5. The fourth-order valence-corrected chi connectivity index (χ4v) is 2.46. The molecule has 2 N–H and O–H groups in total. The first kappa shape index (κ1) is 16.2. The number of nitrogens with zero attached hydrogens (tertiary/aromatic N) is 2. The third-order valence-corrected chi connectivity index (χ3v) is 3.78. The van der Waals surface area contributed by atoms with Gasteiger partial charge in [-0.05, 0) is 25.0 Å². The molecular weight excluding hydrogens is 284 g/mol. The Morgan fingerprint density at radius 1 is 1.45 bits per heavy atom. The van der Waals surface area contributed by atoms with Crippen molar-refractivity contribution in [2.24, 2.45) is 0 Å². The molecule has 0 aliphatic rings. The second-order valence-electron chi connectivity index (χ2n) is 5.37. The minimum Gasteiger partial charge on any atom is -0.464 e. The predicted molar refractivity (Wildman–Crippen MR) is 80.5 cm³/mol. The molecule has 22 heavy (non-hydrogen) atoms. The molecule has 6 heteroatoms. The van der Waals surface area contributed by atoms with Gasteiger partial charge in [-0.15, -0.1) is 0 Å². The molecule has 2 atom stereocenters. The quantitative estimate of drug-likeness (QED) is 0.817. The van der Waals surface area contributed by atoms with Crippen LogP contribution in [0.5, 0.6) is 0 Å². The summed E-state index contributed by atoms with van der Waals surface area (Å²) in [5.74, 6) is -0.476. The van der Waals surface area contributed by atoms with Gasteiger partial charge in [0.2, 0.25) is 0 Å². The van der Waals surface area contributed by atoms with Gasteiger partial charge in [0.25, 0.3) is 0 Å². The number of aromatic nitrogens is 2. The molecule has 0 bridgehead atoms. The Morgan fingerprint density at radius 3 is 2.77 bits per heavy atom. The highest BCUT2D eigenvalue weighted by Gasteiger charge is 2.28. The van der Waals surface area contributed by atoms with Crippen molar-refractivity contribution >= 4 is 5.97 Å². The van der Waals surface area contributed by atoms with E-state index >= 15 is 0 Å². The highest BCUT2D eigenvalue weighted by Crippen LogP contribution is 2.30. The van der Waals surface area contributed by atoms with Crippen molar-refractivity contribution in [1.82, 2.24) is 9.55 Å². The maximum Gasteiger partial charge on any atom is 0.356 e. The van der Waals surface area contributed by atoms with Crippen molar-refractivity contribution in [3.63, 3.8) is 0 Å². The lowest BCUT2D eigenvalue weighted by Crippen LogP contribution is -2.28. The Balaban J connectivity index is 2.50. The lowest BCUT2D eigenvalue weighted by molar-refractivity contribution is -0.00330. The molecule has 0 saturated heterocycles. The van der Waals surface area contributed by atoms with Gasteiger partial charge < -0.3 is 19.5 Å². The summed E-state index contributed by atoms with van der Waals surface area (Å²) in [7, 11) is 1.31.